The van der Waals surface area contributed by atoms with Crippen molar-refractivity contribution in [2.75, 3.05) is 6.54 Å². The Bertz CT molecular complexity index is 125. The van der Waals surface area contributed by atoms with Crippen LogP contribution in [0.1, 0.15) is 20.3 Å². The summed E-state index contributed by atoms with van der Waals surface area (Å²) in [5, 5.41) is 20.0. The van der Waals surface area contributed by atoms with Crippen LogP contribution in [0.25, 0.3) is 0 Å². The van der Waals surface area contributed by atoms with Crippen LogP contribution in [-0.4, -0.2) is 34.9 Å². The Labute approximate surface area is 66.2 Å². The van der Waals surface area contributed by atoms with E-state index in [4.69, 9.17) is 10.2 Å². The van der Waals surface area contributed by atoms with Gasteiger partial charge >= 0.3 is 5.97 Å². The van der Waals surface area contributed by atoms with Gasteiger partial charge in [-0.25, -0.2) is 0 Å². The van der Waals surface area contributed by atoms with E-state index in [1.165, 1.54) is 0 Å². The van der Waals surface area contributed by atoms with Crippen LogP contribution in [0.15, 0.2) is 0 Å². The summed E-state index contributed by atoms with van der Waals surface area (Å²) >= 11 is 0. The molecule has 11 heavy (non-hydrogen) atoms. The van der Waals surface area contributed by atoms with E-state index in [1.54, 1.807) is 13.8 Å². The molecule has 0 aliphatic carbocycles. The molecule has 0 fully saturated rings. The monoisotopic (exact) mass is 161 g/mol. The molecular formula is C7H15NO3. The zero-order chi connectivity index (χ0) is 8.85. The lowest BCUT2D eigenvalue weighted by atomic mass is 10.2. The first-order valence-corrected chi connectivity index (χ1v) is 3.68. The van der Waals surface area contributed by atoms with Gasteiger partial charge < -0.3 is 15.5 Å². The number of hydrogen-bond donors (Lipinski definition) is 3. The summed E-state index contributed by atoms with van der Waals surface area (Å²) in [6.45, 7) is 3.78. The number of carbonyl (C=O) groups is 1. The summed E-state index contributed by atoms with van der Waals surface area (Å²) in [6.07, 6.45) is 0.209. The summed E-state index contributed by atoms with van der Waals surface area (Å²) < 4.78 is 0. The first-order chi connectivity index (χ1) is 5.04. The van der Waals surface area contributed by atoms with Crippen molar-refractivity contribution in [2.24, 2.45) is 0 Å². The van der Waals surface area contributed by atoms with Crippen molar-refractivity contribution >= 4 is 5.97 Å². The second-order valence-electron chi connectivity index (χ2n) is 2.65. The summed E-state index contributed by atoms with van der Waals surface area (Å²) in [5.41, 5.74) is 0. The number of nitrogens with one attached hydrogen (secondary N) is 1. The van der Waals surface area contributed by atoms with Gasteiger partial charge in [0.2, 0.25) is 0 Å². The predicted molar refractivity (Wildman–Crippen MR) is 41.4 cm³/mol. The lowest BCUT2D eigenvalue weighted by Crippen LogP contribution is -2.35. The van der Waals surface area contributed by atoms with Crippen LogP contribution in [0.2, 0.25) is 0 Å². The Kier molecular flexibility index (Phi) is 4.81. The molecule has 0 aromatic rings. The highest BCUT2D eigenvalue weighted by atomic mass is 16.4. The van der Waals surface area contributed by atoms with Crippen LogP contribution in [0.5, 0.6) is 0 Å². The Morgan fingerprint density at radius 3 is 2.45 bits per heavy atom. The van der Waals surface area contributed by atoms with E-state index < -0.39 is 12.0 Å². The molecule has 0 aromatic carbocycles. The molecule has 3 N–H and O–H groups in total. The molecule has 0 radical (unpaired) electrons. The highest BCUT2D eigenvalue weighted by molar-refractivity contribution is 5.72. The molecular weight excluding hydrogens is 146 g/mol. The van der Waals surface area contributed by atoms with Crippen LogP contribution >= 0.6 is 0 Å². The maximum Gasteiger partial charge on any atom is 0.320 e. The van der Waals surface area contributed by atoms with Crippen LogP contribution in [0.3, 0.4) is 0 Å². The third-order valence-electron chi connectivity index (χ3n) is 1.38. The normalized spacial score (nSPS) is 15.9. The van der Waals surface area contributed by atoms with Crippen molar-refractivity contribution in [1.82, 2.24) is 5.32 Å². The lowest BCUT2D eigenvalue weighted by Gasteiger charge is -2.09. The number of aliphatic carboxylic acids is 1. The van der Waals surface area contributed by atoms with E-state index in [2.05, 4.69) is 5.32 Å². The smallest absolute Gasteiger partial charge is 0.320 e. The standard InChI is InChI=1S/C7H15NO3/c1-5(9)3-4-8-6(2)7(10)11/h5-6,8-9H,3-4H2,1-2H3,(H,10,11)/t5?,6-/m0/s1. The fourth-order valence-corrected chi connectivity index (χ4v) is 0.596. The molecule has 0 aromatic heterocycles. The van der Waals surface area contributed by atoms with Crippen LogP contribution in [0.4, 0.5) is 0 Å². The largest absolute Gasteiger partial charge is 0.480 e. The first-order valence-electron chi connectivity index (χ1n) is 3.68. The Hall–Kier alpha value is -0.610. The minimum absolute atomic E-state index is 0.372. The van der Waals surface area contributed by atoms with Gasteiger partial charge in [0.25, 0.3) is 0 Å². The van der Waals surface area contributed by atoms with Crippen LogP contribution in [0, 0.1) is 0 Å². The molecule has 66 valence electrons. The van der Waals surface area contributed by atoms with E-state index in [0.29, 0.717) is 13.0 Å². The fourth-order valence-electron chi connectivity index (χ4n) is 0.596. The maximum absolute atomic E-state index is 10.2. The van der Waals surface area contributed by atoms with Crippen molar-refractivity contribution in [3.63, 3.8) is 0 Å². The molecule has 0 heterocycles. The summed E-state index contributed by atoms with van der Waals surface area (Å²) in [7, 11) is 0. The number of hydrogen-bond acceptors (Lipinski definition) is 3. The molecule has 0 aliphatic rings. The molecule has 0 saturated carbocycles. The third-order valence-corrected chi connectivity index (χ3v) is 1.38. The van der Waals surface area contributed by atoms with E-state index >= 15 is 0 Å². The third kappa shape index (κ3) is 5.82. The van der Waals surface area contributed by atoms with Crippen molar-refractivity contribution in [3.8, 4) is 0 Å². The van der Waals surface area contributed by atoms with Gasteiger partial charge in [0, 0.05) is 0 Å². The predicted octanol–water partition coefficient (Wildman–Crippen LogP) is -0.180. The SMILES string of the molecule is CC(O)CCN[C@@H](C)C(=O)O. The molecule has 0 bridgehead atoms. The lowest BCUT2D eigenvalue weighted by molar-refractivity contribution is -0.139. The van der Waals surface area contributed by atoms with Gasteiger partial charge in [-0.2, -0.15) is 0 Å². The summed E-state index contributed by atoms with van der Waals surface area (Å²) in [4.78, 5) is 10.2. The molecule has 0 aliphatic heterocycles. The molecule has 2 atom stereocenters. The van der Waals surface area contributed by atoms with Gasteiger partial charge in [-0.1, -0.05) is 0 Å². The molecule has 0 rings (SSSR count). The maximum atomic E-state index is 10.2. The number of rotatable bonds is 5. The van der Waals surface area contributed by atoms with Gasteiger partial charge in [0.15, 0.2) is 0 Å². The second kappa shape index (κ2) is 5.09. The van der Waals surface area contributed by atoms with Gasteiger partial charge in [0.1, 0.15) is 6.04 Å². The second-order valence-corrected chi connectivity index (χ2v) is 2.65. The van der Waals surface area contributed by atoms with Crippen molar-refractivity contribution in [1.29, 1.82) is 0 Å². The first kappa shape index (κ1) is 10.4. The van der Waals surface area contributed by atoms with Crippen molar-refractivity contribution in [3.05, 3.63) is 0 Å². The van der Waals surface area contributed by atoms with E-state index in [9.17, 15) is 4.79 Å². The van der Waals surface area contributed by atoms with Gasteiger partial charge in [-0.15, -0.1) is 0 Å². The van der Waals surface area contributed by atoms with Gasteiger partial charge in [-0.05, 0) is 26.8 Å². The highest BCUT2D eigenvalue weighted by Crippen LogP contribution is 1.88. The molecule has 4 nitrogen and oxygen atoms in total. The number of carboxylic acids is 1. The van der Waals surface area contributed by atoms with Crippen molar-refractivity contribution < 1.29 is 15.0 Å². The molecule has 0 saturated heterocycles. The zero-order valence-electron chi connectivity index (χ0n) is 6.87. The summed E-state index contributed by atoms with van der Waals surface area (Å²) in [6, 6.07) is -0.534. The van der Waals surface area contributed by atoms with E-state index in [0.717, 1.165) is 0 Å². The zero-order valence-corrected chi connectivity index (χ0v) is 6.87. The average molecular weight is 161 g/mol. The molecule has 4 heteroatoms. The Morgan fingerprint density at radius 1 is 1.55 bits per heavy atom. The van der Waals surface area contributed by atoms with E-state index in [-0.39, 0.29) is 6.10 Å². The number of carboxylic acid groups (broad SMARTS) is 1. The van der Waals surface area contributed by atoms with E-state index in [1.807, 2.05) is 0 Å². The van der Waals surface area contributed by atoms with Crippen molar-refractivity contribution in [2.45, 2.75) is 32.4 Å². The molecule has 0 amide bonds. The Balaban J connectivity index is 3.31. The minimum atomic E-state index is -0.865. The highest BCUT2D eigenvalue weighted by Gasteiger charge is 2.08. The molecule has 0 spiro atoms. The van der Waals surface area contributed by atoms with Crippen LogP contribution < -0.4 is 5.32 Å². The fraction of sp³-hybridized carbons (Fsp3) is 0.857. The van der Waals surface area contributed by atoms with Gasteiger partial charge in [-0.3, -0.25) is 4.79 Å². The number of aliphatic hydroxyl groups excluding tert-OH is 1. The van der Waals surface area contributed by atoms with Gasteiger partial charge in [0.05, 0.1) is 6.10 Å². The Morgan fingerprint density at radius 2 is 2.09 bits per heavy atom. The van der Waals surface area contributed by atoms with Crippen LogP contribution in [-0.2, 0) is 4.79 Å². The summed E-state index contributed by atoms with van der Waals surface area (Å²) in [5.74, 6) is -0.865. The minimum Gasteiger partial charge on any atom is -0.480 e. The topological polar surface area (TPSA) is 69.6 Å². The molecule has 1 unspecified atom stereocenters. The number of aliphatic hydroxyl groups is 1. The quantitative estimate of drug-likeness (QED) is 0.523. The average Bonchev–Trinajstić information content (AvgIpc) is 1.86.